The molecule has 172 valence electrons. The van der Waals surface area contributed by atoms with Crippen LogP contribution in [-0.4, -0.2) is 9.97 Å². The van der Waals surface area contributed by atoms with Crippen molar-refractivity contribution in [1.82, 2.24) is 9.97 Å². The quantitative estimate of drug-likeness (QED) is 0.245. The molecule has 35 heavy (non-hydrogen) atoms. The Kier molecular flexibility index (Phi) is 6.67. The molecule has 0 radical (unpaired) electrons. The van der Waals surface area contributed by atoms with Crippen LogP contribution in [0.25, 0.3) is 22.5 Å². The second-order valence-corrected chi connectivity index (χ2v) is 8.73. The van der Waals surface area contributed by atoms with Gasteiger partial charge in [0.25, 0.3) is 0 Å². The molecule has 1 atom stereocenters. The van der Waals surface area contributed by atoms with E-state index in [2.05, 4.69) is 91.5 Å². The van der Waals surface area contributed by atoms with E-state index < -0.39 is 0 Å². The van der Waals surface area contributed by atoms with E-state index in [4.69, 9.17) is 9.97 Å². The Morgan fingerprint density at radius 2 is 1.06 bits per heavy atom. The zero-order valence-electron chi connectivity index (χ0n) is 20.2. The maximum absolute atomic E-state index is 5.06. The van der Waals surface area contributed by atoms with Gasteiger partial charge in [0.05, 0.1) is 11.4 Å². The average Bonchev–Trinajstić information content (AvgIpc) is 2.94. The molecule has 0 aliphatic rings. The molecule has 3 heteroatoms. The van der Waals surface area contributed by atoms with Crippen molar-refractivity contribution in [3.8, 4) is 22.5 Å². The van der Waals surface area contributed by atoms with Crippen LogP contribution in [0.4, 0.5) is 17.3 Å². The van der Waals surface area contributed by atoms with Crippen molar-refractivity contribution in [3.63, 3.8) is 0 Å². The zero-order valence-corrected chi connectivity index (χ0v) is 20.2. The van der Waals surface area contributed by atoms with Crippen LogP contribution in [0.1, 0.15) is 31.7 Å². The SMILES string of the molecule is CCC(C)c1ccc(N(c2cccc(-c3ccccc3)n2)c2cccc(-c3ccccc3)n2)cc1. The maximum atomic E-state index is 5.06. The monoisotopic (exact) mass is 455 g/mol. The normalized spacial score (nSPS) is 11.7. The number of anilines is 3. The highest BCUT2D eigenvalue weighted by Crippen LogP contribution is 2.35. The summed E-state index contributed by atoms with van der Waals surface area (Å²) in [5.74, 6) is 2.19. The molecule has 2 heterocycles. The van der Waals surface area contributed by atoms with Crippen LogP contribution in [0.15, 0.2) is 121 Å². The minimum absolute atomic E-state index is 0.525. The van der Waals surface area contributed by atoms with E-state index in [1.54, 1.807) is 0 Å². The molecule has 0 bridgehead atoms. The molecule has 3 aromatic carbocycles. The lowest BCUT2D eigenvalue weighted by atomic mass is 9.98. The molecule has 0 N–H and O–H groups in total. The average molecular weight is 456 g/mol. The maximum Gasteiger partial charge on any atom is 0.139 e. The molecule has 5 aromatic rings. The number of benzene rings is 3. The fourth-order valence-corrected chi connectivity index (χ4v) is 4.20. The molecule has 0 spiro atoms. The number of hydrogen-bond acceptors (Lipinski definition) is 3. The standard InChI is InChI=1S/C32H29N3/c1-3-24(2)25-20-22-28(23-21-25)35(31-18-10-16-29(33-31)26-12-6-4-7-13-26)32-19-11-17-30(34-32)27-14-8-5-9-15-27/h4-24H,3H2,1-2H3. The van der Waals surface area contributed by atoms with Crippen LogP contribution in [0.5, 0.6) is 0 Å². The van der Waals surface area contributed by atoms with Crippen molar-refractivity contribution in [2.75, 3.05) is 4.90 Å². The smallest absolute Gasteiger partial charge is 0.139 e. The third kappa shape index (κ3) is 4.99. The fraction of sp³-hybridized carbons (Fsp3) is 0.125. The van der Waals surface area contributed by atoms with Gasteiger partial charge < -0.3 is 0 Å². The van der Waals surface area contributed by atoms with Crippen LogP contribution in [0.2, 0.25) is 0 Å². The number of pyridine rings is 2. The van der Waals surface area contributed by atoms with Crippen LogP contribution >= 0.6 is 0 Å². The fourth-order valence-electron chi connectivity index (χ4n) is 4.20. The first-order chi connectivity index (χ1) is 17.2. The van der Waals surface area contributed by atoms with E-state index in [0.29, 0.717) is 5.92 Å². The predicted molar refractivity (Wildman–Crippen MR) is 146 cm³/mol. The van der Waals surface area contributed by atoms with Gasteiger partial charge in [-0.1, -0.05) is 98.8 Å². The number of aromatic nitrogens is 2. The summed E-state index contributed by atoms with van der Waals surface area (Å²) in [5, 5.41) is 0. The first kappa shape index (κ1) is 22.5. The van der Waals surface area contributed by atoms with Gasteiger partial charge in [0, 0.05) is 16.8 Å². The Hall–Kier alpha value is -4.24. The van der Waals surface area contributed by atoms with Crippen molar-refractivity contribution < 1.29 is 0 Å². The summed E-state index contributed by atoms with van der Waals surface area (Å²) < 4.78 is 0. The Morgan fingerprint density at radius 1 is 0.571 bits per heavy atom. The molecular formula is C32H29N3. The topological polar surface area (TPSA) is 29.0 Å². The lowest BCUT2D eigenvalue weighted by Gasteiger charge is -2.24. The molecule has 0 aliphatic heterocycles. The third-order valence-electron chi connectivity index (χ3n) is 6.40. The summed E-state index contributed by atoms with van der Waals surface area (Å²) in [5.41, 5.74) is 6.42. The summed E-state index contributed by atoms with van der Waals surface area (Å²) in [4.78, 5) is 12.3. The van der Waals surface area contributed by atoms with Crippen LogP contribution in [0, 0.1) is 0 Å². The van der Waals surface area contributed by atoms with Crippen molar-refractivity contribution in [2.24, 2.45) is 0 Å². The largest absolute Gasteiger partial charge is 0.279 e. The lowest BCUT2D eigenvalue weighted by molar-refractivity contribution is 0.733. The van der Waals surface area contributed by atoms with Gasteiger partial charge in [0.15, 0.2) is 0 Å². The van der Waals surface area contributed by atoms with Crippen molar-refractivity contribution >= 4 is 17.3 Å². The Labute approximate surface area is 207 Å². The Balaban J connectivity index is 1.62. The van der Waals surface area contributed by atoms with Crippen LogP contribution < -0.4 is 4.90 Å². The van der Waals surface area contributed by atoms with Gasteiger partial charge in [-0.3, -0.25) is 4.90 Å². The first-order valence-electron chi connectivity index (χ1n) is 12.2. The van der Waals surface area contributed by atoms with E-state index in [0.717, 1.165) is 46.3 Å². The van der Waals surface area contributed by atoms with Crippen molar-refractivity contribution in [3.05, 3.63) is 127 Å². The molecule has 3 nitrogen and oxygen atoms in total. The van der Waals surface area contributed by atoms with Crippen molar-refractivity contribution in [1.29, 1.82) is 0 Å². The molecule has 1 unspecified atom stereocenters. The van der Waals surface area contributed by atoms with Crippen LogP contribution in [0.3, 0.4) is 0 Å². The van der Waals surface area contributed by atoms with Gasteiger partial charge in [0.1, 0.15) is 11.6 Å². The molecular weight excluding hydrogens is 426 g/mol. The van der Waals surface area contributed by atoms with Gasteiger partial charge >= 0.3 is 0 Å². The number of hydrogen-bond donors (Lipinski definition) is 0. The summed E-state index contributed by atoms with van der Waals surface area (Å²) in [6, 6.07) is 41.7. The molecule has 2 aromatic heterocycles. The molecule has 0 fully saturated rings. The van der Waals surface area contributed by atoms with Gasteiger partial charge in [-0.05, 0) is 54.3 Å². The molecule has 0 amide bonds. The summed E-state index contributed by atoms with van der Waals surface area (Å²) in [6.07, 6.45) is 1.12. The van der Waals surface area contributed by atoms with Gasteiger partial charge in [-0.25, -0.2) is 9.97 Å². The number of nitrogens with zero attached hydrogens (tertiary/aromatic N) is 3. The molecule has 0 saturated heterocycles. The summed E-state index contributed by atoms with van der Waals surface area (Å²) >= 11 is 0. The summed E-state index contributed by atoms with van der Waals surface area (Å²) in [6.45, 7) is 4.49. The van der Waals surface area contributed by atoms with Crippen LogP contribution in [-0.2, 0) is 0 Å². The second kappa shape index (κ2) is 10.4. The van der Waals surface area contributed by atoms with E-state index in [1.165, 1.54) is 5.56 Å². The second-order valence-electron chi connectivity index (χ2n) is 8.73. The lowest BCUT2D eigenvalue weighted by Crippen LogP contribution is -2.13. The van der Waals surface area contributed by atoms with Crippen molar-refractivity contribution in [2.45, 2.75) is 26.2 Å². The van der Waals surface area contributed by atoms with E-state index in [1.807, 2.05) is 48.5 Å². The molecule has 5 rings (SSSR count). The van der Waals surface area contributed by atoms with Gasteiger partial charge in [-0.15, -0.1) is 0 Å². The summed E-state index contributed by atoms with van der Waals surface area (Å²) in [7, 11) is 0. The van der Waals surface area contributed by atoms with Gasteiger partial charge in [0.2, 0.25) is 0 Å². The zero-order chi connectivity index (χ0) is 24.0. The van der Waals surface area contributed by atoms with E-state index >= 15 is 0 Å². The van der Waals surface area contributed by atoms with E-state index in [9.17, 15) is 0 Å². The third-order valence-corrected chi connectivity index (χ3v) is 6.40. The Morgan fingerprint density at radius 3 is 1.51 bits per heavy atom. The predicted octanol–water partition coefficient (Wildman–Crippen LogP) is 8.79. The minimum atomic E-state index is 0.525. The molecule has 0 saturated carbocycles. The van der Waals surface area contributed by atoms with E-state index in [-0.39, 0.29) is 0 Å². The minimum Gasteiger partial charge on any atom is -0.279 e. The Bertz CT molecular complexity index is 1300. The highest BCUT2D eigenvalue weighted by Gasteiger charge is 2.17. The molecule has 0 aliphatic carbocycles. The van der Waals surface area contributed by atoms with Gasteiger partial charge in [-0.2, -0.15) is 0 Å². The number of rotatable bonds is 7. The highest BCUT2D eigenvalue weighted by molar-refractivity contribution is 5.75. The first-order valence-corrected chi connectivity index (χ1v) is 12.2. The highest BCUT2D eigenvalue weighted by atomic mass is 15.2.